The van der Waals surface area contributed by atoms with Crippen LogP contribution in [0.4, 0.5) is 0 Å². The molecule has 0 aliphatic carbocycles. The molecule has 1 amide bonds. The molecule has 0 aliphatic rings. The number of hydrogen-bond acceptors (Lipinski definition) is 5. The molecule has 7 nitrogen and oxygen atoms in total. The molecule has 7 heteroatoms. The third-order valence-corrected chi connectivity index (χ3v) is 4.72. The van der Waals surface area contributed by atoms with Gasteiger partial charge >= 0.3 is 5.97 Å². The van der Waals surface area contributed by atoms with E-state index in [1.807, 2.05) is 0 Å². The molecule has 0 saturated carbocycles. The van der Waals surface area contributed by atoms with Crippen LogP contribution < -0.4 is 10.4 Å². The number of esters is 1. The Balaban J connectivity index is 5.13. The lowest BCUT2D eigenvalue weighted by Gasteiger charge is -2.34. The lowest BCUT2D eigenvalue weighted by molar-refractivity contribution is -0.870. The predicted molar refractivity (Wildman–Crippen MR) is 97.8 cm³/mol. The maximum atomic E-state index is 12.8. The Labute approximate surface area is 157 Å². The number of aliphatic carboxylic acids is 1. The summed E-state index contributed by atoms with van der Waals surface area (Å²) in [6, 6.07) is 0. The monoisotopic (exact) mass is 372 g/mol. The average Bonchev–Trinajstić information content (AvgIpc) is 2.54. The van der Waals surface area contributed by atoms with Crippen molar-refractivity contribution in [2.45, 2.75) is 46.5 Å². The SMILES string of the molecule is CCC(CC(C)(CC(C)C(=O)OC)C(=O)NCCC[N+](C)(C)C)C(=O)[O-]. The second-order valence-electron chi connectivity index (χ2n) is 8.44. The van der Waals surface area contributed by atoms with Crippen molar-refractivity contribution in [1.29, 1.82) is 0 Å². The summed E-state index contributed by atoms with van der Waals surface area (Å²) in [6.45, 7) is 6.58. The van der Waals surface area contributed by atoms with Crippen molar-refractivity contribution in [3.63, 3.8) is 0 Å². The highest BCUT2D eigenvalue weighted by Gasteiger charge is 2.38. The Bertz CT molecular complexity index is 487. The molecule has 152 valence electrons. The van der Waals surface area contributed by atoms with Crippen LogP contribution in [0.2, 0.25) is 0 Å². The molecule has 0 rings (SSSR count). The molecule has 0 aromatic carbocycles. The standard InChI is InChI=1S/C19H36N2O5/c1-8-15(16(22)23)13-19(3,12-14(2)17(24)26-7)18(25)20-10-9-11-21(4,5)6/h14-15H,8-13H2,1-7H3,(H-,20,22,23,25). The highest BCUT2D eigenvalue weighted by Crippen LogP contribution is 2.35. The third kappa shape index (κ3) is 8.65. The molecule has 0 radical (unpaired) electrons. The molecule has 0 aliphatic heterocycles. The van der Waals surface area contributed by atoms with E-state index in [2.05, 4.69) is 26.5 Å². The molecular weight excluding hydrogens is 336 g/mol. The molecule has 0 spiro atoms. The van der Waals surface area contributed by atoms with Crippen LogP contribution in [0.1, 0.15) is 46.5 Å². The fourth-order valence-electron chi connectivity index (χ4n) is 3.14. The van der Waals surface area contributed by atoms with Crippen molar-refractivity contribution >= 4 is 17.8 Å². The minimum absolute atomic E-state index is 0.133. The normalized spacial score (nSPS) is 16.3. The van der Waals surface area contributed by atoms with Crippen molar-refractivity contribution in [2.24, 2.45) is 17.3 Å². The van der Waals surface area contributed by atoms with Crippen molar-refractivity contribution in [1.82, 2.24) is 5.32 Å². The Hall–Kier alpha value is -1.63. The van der Waals surface area contributed by atoms with E-state index >= 15 is 0 Å². The van der Waals surface area contributed by atoms with Gasteiger partial charge in [-0.15, -0.1) is 0 Å². The van der Waals surface area contributed by atoms with Gasteiger partial charge in [0.05, 0.1) is 40.7 Å². The molecule has 0 heterocycles. The van der Waals surface area contributed by atoms with E-state index in [-0.39, 0.29) is 18.7 Å². The van der Waals surface area contributed by atoms with Gasteiger partial charge in [-0.1, -0.05) is 20.8 Å². The summed E-state index contributed by atoms with van der Waals surface area (Å²) in [5.41, 5.74) is -0.981. The summed E-state index contributed by atoms with van der Waals surface area (Å²) in [5, 5.41) is 14.3. The van der Waals surface area contributed by atoms with Gasteiger partial charge in [-0.25, -0.2) is 0 Å². The van der Waals surface area contributed by atoms with Crippen molar-refractivity contribution in [3.05, 3.63) is 0 Å². The van der Waals surface area contributed by atoms with E-state index < -0.39 is 29.2 Å². The highest BCUT2D eigenvalue weighted by molar-refractivity contribution is 5.84. The smallest absolute Gasteiger partial charge is 0.308 e. The van der Waals surface area contributed by atoms with E-state index in [0.29, 0.717) is 13.0 Å². The Morgan fingerprint density at radius 2 is 1.77 bits per heavy atom. The third-order valence-electron chi connectivity index (χ3n) is 4.72. The number of nitrogens with zero attached hydrogens (tertiary/aromatic N) is 1. The number of rotatable bonds is 12. The fraction of sp³-hybridized carbons (Fsp3) is 0.842. The Morgan fingerprint density at radius 3 is 2.19 bits per heavy atom. The highest BCUT2D eigenvalue weighted by atomic mass is 16.5. The summed E-state index contributed by atoms with van der Waals surface area (Å²) in [5.74, 6) is -3.03. The Kier molecular flexibility index (Phi) is 9.84. The molecule has 3 atom stereocenters. The minimum Gasteiger partial charge on any atom is -0.550 e. The number of carbonyl (C=O) groups is 3. The van der Waals surface area contributed by atoms with E-state index in [0.717, 1.165) is 17.4 Å². The van der Waals surface area contributed by atoms with E-state index in [1.54, 1.807) is 20.8 Å². The van der Waals surface area contributed by atoms with Crippen LogP contribution in [0, 0.1) is 17.3 Å². The van der Waals surface area contributed by atoms with Gasteiger partial charge < -0.3 is 24.4 Å². The quantitative estimate of drug-likeness (QED) is 0.307. The van der Waals surface area contributed by atoms with Crippen molar-refractivity contribution in [2.75, 3.05) is 41.3 Å². The lowest BCUT2D eigenvalue weighted by atomic mass is 9.73. The number of carbonyl (C=O) groups excluding carboxylic acids is 3. The van der Waals surface area contributed by atoms with Crippen molar-refractivity contribution < 1.29 is 28.7 Å². The molecule has 0 fully saturated rings. The van der Waals surface area contributed by atoms with E-state index in [9.17, 15) is 19.5 Å². The van der Waals surface area contributed by atoms with Gasteiger partial charge in [0.15, 0.2) is 0 Å². The van der Waals surface area contributed by atoms with Crippen LogP contribution in [-0.4, -0.2) is 63.7 Å². The zero-order valence-corrected chi connectivity index (χ0v) is 17.4. The van der Waals surface area contributed by atoms with Gasteiger partial charge in [0.2, 0.25) is 5.91 Å². The largest absolute Gasteiger partial charge is 0.550 e. The van der Waals surface area contributed by atoms with Crippen LogP contribution in [-0.2, 0) is 19.1 Å². The van der Waals surface area contributed by atoms with Crippen LogP contribution in [0.15, 0.2) is 0 Å². The molecule has 1 N–H and O–H groups in total. The molecule has 3 unspecified atom stereocenters. The summed E-state index contributed by atoms with van der Waals surface area (Å²) in [7, 11) is 7.54. The first-order valence-corrected chi connectivity index (χ1v) is 9.23. The van der Waals surface area contributed by atoms with Gasteiger partial charge in [0.1, 0.15) is 0 Å². The number of quaternary nitrogens is 1. The van der Waals surface area contributed by atoms with Gasteiger partial charge in [0, 0.05) is 24.3 Å². The first kappa shape index (κ1) is 24.4. The lowest BCUT2D eigenvalue weighted by Crippen LogP contribution is -2.45. The molecule has 0 saturated heterocycles. The van der Waals surface area contributed by atoms with Gasteiger partial charge in [-0.05, 0) is 25.2 Å². The number of carboxylic acids is 1. The summed E-state index contributed by atoms with van der Waals surface area (Å²) < 4.78 is 5.55. The zero-order valence-electron chi connectivity index (χ0n) is 17.4. The number of nitrogens with one attached hydrogen (secondary N) is 1. The van der Waals surface area contributed by atoms with Crippen LogP contribution in [0.3, 0.4) is 0 Å². The van der Waals surface area contributed by atoms with Gasteiger partial charge in [0.25, 0.3) is 0 Å². The van der Waals surface area contributed by atoms with Crippen LogP contribution in [0.25, 0.3) is 0 Å². The van der Waals surface area contributed by atoms with Gasteiger partial charge in [-0.2, -0.15) is 0 Å². The maximum Gasteiger partial charge on any atom is 0.308 e. The van der Waals surface area contributed by atoms with Crippen molar-refractivity contribution in [3.8, 4) is 0 Å². The van der Waals surface area contributed by atoms with E-state index in [1.165, 1.54) is 7.11 Å². The predicted octanol–water partition coefficient (Wildman–Crippen LogP) is 0.571. The fourth-order valence-corrected chi connectivity index (χ4v) is 3.14. The average molecular weight is 373 g/mol. The number of hydrogen-bond donors (Lipinski definition) is 1. The summed E-state index contributed by atoms with van der Waals surface area (Å²) >= 11 is 0. The minimum atomic E-state index is -1.16. The molecule has 0 aromatic rings. The van der Waals surface area contributed by atoms with E-state index in [4.69, 9.17) is 4.74 Å². The Morgan fingerprint density at radius 1 is 1.19 bits per heavy atom. The number of ether oxygens (including phenoxy) is 1. The molecule has 0 bridgehead atoms. The topological polar surface area (TPSA) is 95.5 Å². The second kappa shape index (κ2) is 10.5. The first-order chi connectivity index (χ1) is 11.9. The summed E-state index contributed by atoms with van der Waals surface area (Å²) in [6.07, 6.45) is 1.55. The zero-order chi connectivity index (χ0) is 20.5. The summed E-state index contributed by atoms with van der Waals surface area (Å²) in [4.78, 5) is 36.0. The molecular formula is C19H36N2O5. The second-order valence-corrected chi connectivity index (χ2v) is 8.44. The molecule has 26 heavy (non-hydrogen) atoms. The maximum absolute atomic E-state index is 12.8. The number of amides is 1. The first-order valence-electron chi connectivity index (χ1n) is 9.23. The number of methoxy groups -OCH3 is 1. The van der Waals surface area contributed by atoms with Gasteiger partial charge in [-0.3, -0.25) is 9.59 Å². The van der Waals surface area contributed by atoms with Crippen LogP contribution in [0.5, 0.6) is 0 Å². The molecule has 0 aromatic heterocycles. The number of carboxylic acid groups (broad SMARTS) is 1. The van der Waals surface area contributed by atoms with Crippen LogP contribution >= 0.6 is 0 Å².